The van der Waals surface area contributed by atoms with Gasteiger partial charge in [0.25, 0.3) is 0 Å². The van der Waals surface area contributed by atoms with E-state index in [1.807, 2.05) is 0 Å². The number of hydrogen-bond donors (Lipinski definition) is 4. The minimum atomic E-state index is -1.12. The Labute approximate surface area is 217 Å². The number of benzene rings is 1. The van der Waals surface area contributed by atoms with Crippen molar-refractivity contribution >= 4 is 12.1 Å². The first kappa shape index (κ1) is 29.1. The van der Waals surface area contributed by atoms with Crippen LogP contribution in [0.2, 0.25) is 0 Å². The SMILES string of the molecule is CNC[C@@H](NC(=O)N1CCC[C@@H]([C@@H](OCCN(C)C(=O)O)c2cccc(F)c2F)C1)[C@@H](O)C1CCCC1. The van der Waals surface area contributed by atoms with E-state index in [9.17, 15) is 23.5 Å². The van der Waals surface area contributed by atoms with Crippen molar-refractivity contribution in [2.45, 2.75) is 56.8 Å². The number of likely N-dealkylation sites (N-methyl/N-ethyl adjacent to an activating group) is 2. The largest absolute Gasteiger partial charge is 0.465 e. The normalized spacial score (nSPS) is 20.9. The predicted octanol–water partition coefficient (Wildman–Crippen LogP) is 3.19. The molecule has 0 spiro atoms. The molecule has 1 aromatic carbocycles. The number of amides is 3. The van der Waals surface area contributed by atoms with Gasteiger partial charge in [-0.3, -0.25) is 0 Å². The number of nitrogens with one attached hydrogen (secondary N) is 2. The van der Waals surface area contributed by atoms with Crippen molar-refractivity contribution in [3.8, 4) is 0 Å². The predicted molar refractivity (Wildman–Crippen MR) is 134 cm³/mol. The van der Waals surface area contributed by atoms with Gasteiger partial charge in [-0.1, -0.05) is 25.0 Å². The maximum absolute atomic E-state index is 14.8. The van der Waals surface area contributed by atoms with E-state index in [1.54, 1.807) is 11.9 Å². The van der Waals surface area contributed by atoms with Crippen molar-refractivity contribution in [1.82, 2.24) is 20.4 Å². The number of carbonyl (C=O) groups excluding carboxylic acids is 1. The average Bonchev–Trinajstić information content (AvgIpc) is 3.43. The summed E-state index contributed by atoms with van der Waals surface area (Å²) in [7, 11) is 3.17. The molecule has 0 bridgehead atoms. The minimum Gasteiger partial charge on any atom is -0.465 e. The maximum atomic E-state index is 14.8. The van der Waals surface area contributed by atoms with Gasteiger partial charge < -0.3 is 35.4 Å². The molecule has 2 aliphatic rings. The van der Waals surface area contributed by atoms with Gasteiger partial charge in [-0.2, -0.15) is 0 Å². The number of carboxylic acid groups (broad SMARTS) is 1. The molecule has 3 amide bonds. The number of ether oxygens (including phenoxy) is 1. The lowest BCUT2D eigenvalue weighted by atomic mass is 9.88. The Morgan fingerprint density at radius 1 is 1.19 bits per heavy atom. The number of likely N-dealkylation sites (tertiary alicyclic amines) is 1. The highest BCUT2D eigenvalue weighted by atomic mass is 19.2. The minimum absolute atomic E-state index is 0.00998. The van der Waals surface area contributed by atoms with Gasteiger partial charge in [-0.15, -0.1) is 0 Å². The second kappa shape index (κ2) is 13.9. The van der Waals surface area contributed by atoms with E-state index in [2.05, 4.69) is 10.6 Å². The molecule has 11 heteroatoms. The Balaban J connectivity index is 1.71. The summed E-state index contributed by atoms with van der Waals surface area (Å²) in [5.41, 5.74) is 0.0509. The Kier molecular flexibility index (Phi) is 10.9. The van der Waals surface area contributed by atoms with Crippen molar-refractivity contribution < 1.29 is 33.3 Å². The molecular weight excluding hydrogens is 486 g/mol. The first-order valence-electron chi connectivity index (χ1n) is 13.1. The van der Waals surface area contributed by atoms with E-state index < -0.39 is 36.0 Å². The van der Waals surface area contributed by atoms with Gasteiger partial charge in [-0.25, -0.2) is 18.4 Å². The van der Waals surface area contributed by atoms with Crippen LogP contribution in [0.1, 0.15) is 50.2 Å². The molecule has 1 saturated carbocycles. The van der Waals surface area contributed by atoms with Crippen LogP contribution in [-0.4, -0.2) is 91.2 Å². The molecule has 1 heterocycles. The zero-order chi connectivity index (χ0) is 26.9. The van der Waals surface area contributed by atoms with E-state index in [0.717, 1.165) is 36.6 Å². The van der Waals surface area contributed by atoms with Crippen molar-refractivity contribution in [3.05, 3.63) is 35.4 Å². The van der Waals surface area contributed by atoms with E-state index in [0.29, 0.717) is 25.9 Å². The Morgan fingerprint density at radius 2 is 1.89 bits per heavy atom. The molecule has 1 aliphatic heterocycles. The number of hydrogen-bond acceptors (Lipinski definition) is 5. The van der Waals surface area contributed by atoms with Crippen LogP contribution < -0.4 is 10.6 Å². The summed E-state index contributed by atoms with van der Waals surface area (Å²) in [6.45, 7) is 1.23. The highest BCUT2D eigenvalue weighted by molar-refractivity contribution is 5.74. The molecule has 1 aliphatic carbocycles. The van der Waals surface area contributed by atoms with E-state index in [4.69, 9.17) is 9.84 Å². The van der Waals surface area contributed by atoms with E-state index >= 15 is 0 Å². The van der Waals surface area contributed by atoms with Crippen LogP contribution in [-0.2, 0) is 4.74 Å². The van der Waals surface area contributed by atoms with Crippen LogP contribution in [0, 0.1) is 23.5 Å². The van der Waals surface area contributed by atoms with E-state index in [-0.39, 0.29) is 43.1 Å². The summed E-state index contributed by atoms with van der Waals surface area (Å²) in [5, 5.41) is 26.0. The third kappa shape index (κ3) is 7.75. The monoisotopic (exact) mass is 526 g/mol. The summed E-state index contributed by atoms with van der Waals surface area (Å²) in [4.78, 5) is 27.0. The van der Waals surface area contributed by atoms with Gasteiger partial charge in [-0.05, 0) is 44.7 Å². The highest BCUT2D eigenvalue weighted by Crippen LogP contribution is 2.35. The average molecular weight is 527 g/mol. The van der Waals surface area contributed by atoms with Gasteiger partial charge in [0.2, 0.25) is 0 Å². The summed E-state index contributed by atoms with van der Waals surface area (Å²) in [5.74, 6) is -2.16. The fraction of sp³-hybridized carbons (Fsp3) is 0.692. The number of aliphatic hydroxyl groups excluding tert-OH is 1. The van der Waals surface area contributed by atoms with Gasteiger partial charge in [0, 0.05) is 44.7 Å². The van der Waals surface area contributed by atoms with Crippen molar-refractivity contribution in [3.63, 3.8) is 0 Å². The number of nitrogens with zero attached hydrogens (tertiary/aromatic N) is 2. The second-order valence-electron chi connectivity index (χ2n) is 10.1. The molecule has 2 fully saturated rings. The van der Waals surface area contributed by atoms with Crippen molar-refractivity contribution in [1.29, 1.82) is 0 Å². The maximum Gasteiger partial charge on any atom is 0.407 e. The van der Waals surface area contributed by atoms with Crippen LogP contribution >= 0.6 is 0 Å². The molecule has 9 nitrogen and oxygen atoms in total. The van der Waals surface area contributed by atoms with Crippen molar-refractivity contribution in [2.24, 2.45) is 11.8 Å². The Hall–Kier alpha value is -2.50. The fourth-order valence-electron chi connectivity index (χ4n) is 5.43. The van der Waals surface area contributed by atoms with Gasteiger partial charge in [0.15, 0.2) is 11.6 Å². The van der Waals surface area contributed by atoms with Gasteiger partial charge in [0.05, 0.1) is 24.9 Å². The fourth-order valence-corrected chi connectivity index (χ4v) is 5.43. The van der Waals surface area contributed by atoms with Crippen molar-refractivity contribution in [2.75, 3.05) is 46.9 Å². The molecular formula is C26H40F2N4O5. The molecule has 4 N–H and O–H groups in total. The first-order chi connectivity index (χ1) is 17.7. The number of carbonyl (C=O) groups is 2. The molecule has 1 aromatic rings. The van der Waals surface area contributed by atoms with Gasteiger partial charge >= 0.3 is 12.1 Å². The Morgan fingerprint density at radius 3 is 2.57 bits per heavy atom. The number of rotatable bonds is 11. The molecule has 0 radical (unpaired) electrons. The molecule has 3 rings (SSSR count). The van der Waals surface area contributed by atoms with Crippen LogP contribution in [0.4, 0.5) is 18.4 Å². The summed E-state index contributed by atoms with van der Waals surface area (Å²) < 4.78 is 34.8. The topological polar surface area (TPSA) is 114 Å². The first-order valence-corrected chi connectivity index (χ1v) is 13.1. The van der Waals surface area contributed by atoms with Gasteiger partial charge in [0.1, 0.15) is 0 Å². The third-order valence-electron chi connectivity index (χ3n) is 7.54. The van der Waals surface area contributed by atoms with Crippen LogP contribution in [0.3, 0.4) is 0 Å². The van der Waals surface area contributed by atoms with Crippen LogP contribution in [0.15, 0.2) is 18.2 Å². The number of piperidine rings is 1. The molecule has 4 atom stereocenters. The lowest BCUT2D eigenvalue weighted by molar-refractivity contribution is -0.0181. The smallest absolute Gasteiger partial charge is 0.407 e. The summed E-state index contributed by atoms with van der Waals surface area (Å²) in [6, 6.07) is 3.15. The lowest BCUT2D eigenvalue weighted by Crippen LogP contribution is -2.56. The third-order valence-corrected chi connectivity index (χ3v) is 7.54. The molecule has 0 aromatic heterocycles. The van der Waals surface area contributed by atoms with E-state index in [1.165, 1.54) is 19.2 Å². The summed E-state index contributed by atoms with van der Waals surface area (Å²) >= 11 is 0. The van der Waals surface area contributed by atoms with Crippen LogP contribution in [0.5, 0.6) is 0 Å². The molecule has 1 saturated heterocycles. The summed E-state index contributed by atoms with van der Waals surface area (Å²) in [6.07, 6.45) is 2.69. The Bertz CT molecular complexity index is 902. The quantitative estimate of drug-likeness (QED) is 0.352. The number of aliphatic hydroxyl groups is 1. The van der Waals surface area contributed by atoms with Crippen LogP contribution in [0.25, 0.3) is 0 Å². The highest BCUT2D eigenvalue weighted by Gasteiger charge is 2.35. The molecule has 0 unspecified atom stereocenters. The molecule has 208 valence electrons. The lowest BCUT2D eigenvalue weighted by Gasteiger charge is -2.38. The zero-order valence-electron chi connectivity index (χ0n) is 21.7. The number of halogens is 2. The molecule has 37 heavy (non-hydrogen) atoms. The standard InChI is InChI=1S/C26H40F2N4O5/c1-29-15-21(23(33)17-7-3-4-8-17)30-25(34)32-12-6-9-18(16-32)24(37-14-13-31(2)26(35)36)19-10-5-11-20(27)22(19)28/h5,10-11,17-18,21,23-24,29,33H,3-4,6-9,12-16H2,1-2H3,(H,30,34)(H,35,36)/t18-,21-,23+,24-/m1/s1. The zero-order valence-corrected chi connectivity index (χ0v) is 21.7. The number of urea groups is 1. The second-order valence-corrected chi connectivity index (χ2v) is 10.1.